The van der Waals surface area contributed by atoms with Gasteiger partial charge in [0.25, 0.3) is 0 Å². The smallest absolute Gasteiger partial charge is 0.333 e. The highest BCUT2D eigenvalue weighted by Gasteiger charge is 2.49. The summed E-state index contributed by atoms with van der Waals surface area (Å²) in [5.41, 5.74) is 2.99. The zero-order valence-corrected chi connectivity index (χ0v) is 22.6. The number of ether oxygens (including phenoxy) is 4. The van der Waals surface area contributed by atoms with Crippen LogP contribution in [0.2, 0.25) is 0 Å². The summed E-state index contributed by atoms with van der Waals surface area (Å²) in [4.78, 5) is 24.3. The number of carbonyl (C=O) groups excluding carboxylic acids is 2. The lowest BCUT2D eigenvalue weighted by Gasteiger charge is -2.44. The molecule has 0 bridgehead atoms. The average molecular weight is 493 g/mol. The number of hydrogen-bond donors (Lipinski definition) is 1. The number of carbonyl (C=O) groups is 2. The van der Waals surface area contributed by atoms with E-state index in [9.17, 15) is 14.7 Å². The molecule has 35 heavy (non-hydrogen) atoms. The predicted molar refractivity (Wildman–Crippen MR) is 134 cm³/mol. The van der Waals surface area contributed by atoms with Crippen molar-refractivity contribution >= 4 is 11.9 Å². The molecule has 0 amide bonds. The van der Waals surface area contributed by atoms with Crippen molar-refractivity contribution in [1.29, 1.82) is 0 Å². The molecule has 1 aliphatic heterocycles. The molecule has 0 aromatic rings. The Morgan fingerprint density at radius 1 is 1.11 bits per heavy atom. The van der Waals surface area contributed by atoms with E-state index in [1.165, 1.54) is 18.1 Å². The summed E-state index contributed by atoms with van der Waals surface area (Å²) >= 11 is 0. The van der Waals surface area contributed by atoms with Crippen molar-refractivity contribution in [1.82, 2.24) is 0 Å². The fraction of sp³-hybridized carbons (Fsp3) is 0.714. The molecular weight excluding hydrogens is 448 g/mol. The van der Waals surface area contributed by atoms with E-state index in [0.29, 0.717) is 11.5 Å². The fourth-order valence-electron chi connectivity index (χ4n) is 4.62. The Labute approximate surface area is 210 Å². The maximum absolute atomic E-state index is 12.6. The van der Waals surface area contributed by atoms with Crippen LogP contribution in [0.5, 0.6) is 0 Å². The van der Waals surface area contributed by atoms with E-state index in [0.717, 1.165) is 25.7 Å². The summed E-state index contributed by atoms with van der Waals surface area (Å²) in [6.45, 7) is 15.0. The highest BCUT2D eigenvalue weighted by atomic mass is 16.7. The van der Waals surface area contributed by atoms with E-state index in [1.54, 1.807) is 26.8 Å². The first-order valence-corrected chi connectivity index (χ1v) is 12.8. The van der Waals surface area contributed by atoms with Crippen molar-refractivity contribution in [3.05, 3.63) is 34.9 Å². The van der Waals surface area contributed by atoms with Crippen molar-refractivity contribution in [3.63, 3.8) is 0 Å². The second kappa shape index (κ2) is 13.4. The molecule has 7 heteroatoms. The lowest BCUT2D eigenvalue weighted by molar-refractivity contribution is -0.308. The van der Waals surface area contributed by atoms with Gasteiger partial charge in [-0.3, -0.25) is 4.79 Å². The standard InChI is InChI=1S/C28H44O7/c1-9-19(6)27(31)35-26-24(30)25(33-21(8)29)20(7)32-28(26)34-23-15-18(5)12-10-11-17(4)13-14-22(23)16(2)3/h9,11,15-16,20,22-26,28,30H,10,12-14H2,1-8H3. The van der Waals surface area contributed by atoms with Crippen molar-refractivity contribution in [3.8, 4) is 0 Å². The predicted octanol–water partition coefficient (Wildman–Crippen LogP) is 5.03. The molecule has 2 aliphatic rings. The maximum Gasteiger partial charge on any atom is 0.333 e. The Balaban J connectivity index is 2.40. The zero-order chi connectivity index (χ0) is 26.3. The lowest BCUT2D eigenvalue weighted by atomic mass is 9.83. The van der Waals surface area contributed by atoms with Crippen LogP contribution in [-0.2, 0) is 28.5 Å². The van der Waals surface area contributed by atoms with Gasteiger partial charge in [0.15, 0.2) is 18.5 Å². The minimum atomic E-state index is -1.30. The van der Waals surface area contributed by atoms with E-state index in [-0.39, 0.29) is 12.0 Å². The van der Waals surface area contributed by atoms with Gasteiger partial charge in [0.05, 0.1) is 12.2 Å². The molecule has 0 spiro atoms. The monoisotopic (exact) mass is 492 g/mol. The summed E-state index contributed by atoms with van der Waals surface area (Å²) in [6, 6.07) is 0. The van der Waals surface area contributed by atoms with Crippen molar-refractivity contribution in [2.45, 2.75) is 118 Å². The highest BCUT2D eigenvalue weighted by Crippen LogP contribution is 2.34. The van der Waals surface area contributed by atoms with E-state index in [1.807, 2.05) is 0 Å². The zero-order valence-electron chi connectivity index (χ0n) is 22.6. The molecule has 7 nitrogen and oxygen atoms in total. The SMILES string of the molecule is CC=C(C)C(=O)OC1C(OC2C=C(C)CCC=C(C)CCC2C(C)C)OC(C)C(OC(C)=O)C1O. The average Bonchev–Trinajstić information content (AvgIpc) is 2.77. The van der Waals surface area contributed by atoms with Gasteiger partial charge in [-0.15, -0.1) is 0 Å². The van der Waals surface area contributed by atoms with Gasteiger partial charge in [-0.05, 0) is 72.1 Å². The molecule has 0 saturated carbocycles. The summed E-state index contributed by atoms with van der Waals surface area (Å²) < 4.78 is 23.7. The molecule has 1 saturated heterocycles. The van der Waals surface area contributed by atoms with Gasteiger partial charge < -0.3 is 24.1 Å². The van der Waals surface area contributed by atoms with Crippen LogP contribution in [0.1, 0.15) is 81.1 Å². The molecular formula is C28H44O7. The number of aliphatic hydroxyl groups is 1. The van der Waals surface area contributed by atoms with Gasteiger partial charge in [0.2, 0.25) is 0 Å². The van der Waals surface area contributed by atoms with Crippen LogP contribution >= 0.6 is 0 Å². The third kappa shape index (κ3) is 8.29. The van der Waals surface area contributed by atoms with Gasteiger partial charge in [0.1, 0.15) is 6.10 Å². The van der Waals surface area contributed by atoms with Crippen LogP contribution < -0.4 is 0 Å². The second-order valence-corrected chi connectivity index (χ2v) is 10.3. The first-order chi connectivity index (χ1) is 16.4. The molecule has 0 radical (unpaired) electrons. The van der Waals surface area contributed by atoms with Gasteiger partial charge in [-0.1, -0.05) is 43.2 Å². The van der Waals surface area contributed by atoms with Crippen LogP contribution in [0.3, 0.4) is 0 Å². The highest BCUT2D eigenvalue weighted by molar-refractivity contribution is 5.87. The van der Waals surface area contributed by atoms with Crippen LogP contribution in [0.4, 0.5) is 0 Å². The summed E-state index contributed by atoms with van der Waals surface area (Å²) in [6.07, 6.45) is 4.54. The first-order valence-electron chi connectivity index (χ1n) is 12.8. The number of hydrogen-bond acceptors (Lipinski definition) is 7. The molecule has 7 unspecified atom stereocenters. The van der Waals surface area contributed by atoms with Gasteiger partial charge in [-0.2, -0.15) is 0 Å². The number of allylic oxidation sites excluding steroid dienone is 4. The number of esters is 2. The minimum absolute atomic E-state index is 0.197. The Bertz CT molecular complexity index is 825. The van der Waals surface area contributed by atoms with Crippen LogP contribution in [0.15, 0.2) is 34.9 Å². The molecule has 1 fully saturated rings. The molecule has 1 heterocycles. The molecule has 1 aliphatic carbocycles. The molecule has 7 atom stereocenters. The molecule has 0 aromatic carbocycles. The lowest BCUT2D eigenvalue weighted by Crippen LogP contribution is -2.60. The summed E-state index contributed by atoms with van der Waals surface area (Å²) in [5, 5.41) is 11.1. The van der Waals surface area contributed by atoms with E-state index < -0.39 is 42.6 Å². The minimum Gasteiger partial charge on any atom is -0.457 e. The molecule has 0 aromatic heterocycles. The van der Waals surface area contributed by atoms with Crippen molar-refractivity contribution < 1.29 is 33.6 Å². The molecule has 1 N–H and O–H groups in total. The third-order valence-corrected chi connectivity index (χ3v) is 6.97. The topological polar surface area (TPSA) is 91.3 Å². The quantitative estimate of drug-likeness (QED) is 0.316. The Hall–Kier alpha value is -1.96. The van der Waals surface area contributed by atoms with E-state index in [4.69, 9.17) is 18.9 Å². The van der Waals surface area contributed by atoms with Gasteiger partial charge in [-0.25, -0.2) is 4.79 Å². The van der Waals surface area contributed by atoms with Crippen molar-refractivity contribution in [2.75, 3.05) is 0 Å². The Morgan fingerprint density at radius 3 is 2.40 bits per heavy atom. The van der Waals surface area contributed by atoms with Gasteiger partial charge >= 0.3 is 11.9 Å². The van der Waals surface area contributed by atoms with Crippen molar-refractivity contribution in [2.24, 2.45) is 11.8 Å². The Kier molecular flexibility index (Phi) is 11.2. The normalized spacial score (nSPS) is 33.0. The van der Waals surface area contributed by atoms with E-state index in [2.05, 4.69) is 39.8 Å². The fourth-order valence-corrected chi connectivity index (χ4v) is 4.62. The van der Waals surface area contributed by atoms with Crippen LogP contribution in [0, 0.1) is 11.8 Å². The largest absolute Gasteiger partial charge is 0.457 e. The Morgan fingerprint density at radius 2 is 1.80 bits per heavy atom. The van der Waals surface area contributed by atoms with E-state index >= 15 is 0 Å². The van der Waals surface area contributed by atoms with Crippen LogP contribution in [-0.4, -0.2) is 53.9 Å². The molecule has 2 rings (SSSR count). The molecule has 198 valence electrons. The summed E-state index contributed by atoms with van der Waals surface area (Å²) in [5.74, 6) is -0.596. The third-order valence-electron chi connectivity index (χ3n) is 6.97. The summed E-state index contributed by atoms with van der Waals surface area (Å²) in [7, 11) is 0. The van der Waals surface area contributed by atoms with Gasteiger partial charge in [0, 0.05) is 12.5 Å². The number of rotatable bonds is 6. The second-order valence-electron chi connectivity index (χ2n) is 10.3. The van der Waals surface area contributed by atoms with Crippen LogP contribution in [0.25, 0.3) is 0 Å². The number of aliphatic hydroxyl groups excluding tert-OH is 1. The first kappa shape index (κ1) is 29.3. The maximum atomic E-state index is 12.6.